The second-order valence-corrected chi connectivity index (χ2v) is 7.10. The fourth-order valence-electron chi connectivity index (χ4n) is 2.85. The van der Waals surface area contributed by atoms with Crippen molar-refractivity contribution in [1.82, 2.24) is 0 Å². The van der Waals surface area contributed by atoms with Gasteiger partial charge in [-0.1, -0.05) is 43.0 Å². The first-order valence-electron chi connectivity index (χ1n) is 9.36. The summed E-state index contributed by atoms with van der Waals surface area (Å²) in [5.41, 5.74) is 11.4. The SMILES string of the molecule is C=CO/C(=C\C)c1ccc(C)c(-c2ccc(N)cc2)c1.N=Cc1c(F)cccc1P. The van der Waals surface area contributed by atoms with Crippen LogP contribution in [-0.2, 0) is 4.74 Å². The van der Waals surface area contributed by atoms with Crippen molar-refractivity contribution >= 4 is 32.2 Å². The van der Waals surface area contributed by atoms with Gasteiger partial charge in [-0.05, 0) is 66.2 Å². The number of hydrogen-bond donors (Lipinski definition) is 2. The first-order valence-corrected chi connectivity index (χ1v) is 9.94. The first-order chi connectivity index (χ1) is 14.4. The summed E-state index contributed by atoms with van der Waals surface area (Å²) in [4.78, 5) is 0. The molecule has 3 aromatic rings. The van der Waals surface area contributed by atoms with Gasteiger partial charge in [-0.3, -0.25) is 0 Å². The molecule has 3 N–H and O–H groups in total. The molecule has 0 bridgehead atoms. The van der Waals surface area contributed by atoms with Crippen molar-refractivity contribution in [3.63, 3.8) is 0 Å². The number of anilines is 1. The summed E-state index contributed by atoms with van der Waals surface area (Å²) < 4.78 is 18.1. The molecule has 3 rings (SSSR count). The van der Waals surface area contributed by atoms with Crippen LogP contribution in [0.3, 0.4) is 0 Å². The van der Waals surface area contributed by atoms with Gasteiger partial charge in [-0.2, -0.15) is 0 Å². The van der Waals surface area contributed by atoms with Crippen LogP contribution >= 0.6 is 9.24 Å². The Morgan fingerprint density at radius 2 is 1.83 bits per heavy atom. The summed E-state index contributed by atoms with van der Waals surface area (Å²) >= 11 is 0. The minimum Gasteiger partial charge on any atom is -0.465 e. The second kappa shape index (κ2) is 11.1. The van der Waals surface area contributed by atoms with Crippen LogP contribution in [-0.4, -0.2) is 6.21 Å². The van der Waals surface area contributed by atoms with E-state index in [0.29, 0.717) is 5.56 Å². The van der Waals surface area contributed by atoms with Gasteiger partial charge in [-0.15, -0.1) is 9.24 Å². The van der Waals surface area contributed by atoms with Gasteiger partial charge in [0.15, 0.2) is 0 Å². The first kappa shape index (κ1) is 23.1. The van der Waals surface area contributed by atoms with E-state index in [2.05, 4.69) is 40.9 Å². The average Bonchev–Trinajstić information content (AvgIpc) is 2.74. The van der Waals surface area contributed by atoms with Crippen molar-refractivity contribution in [1.29, 1.82) is 5.41 Å². The van der Waals surface area contributed by atoms with Gasteiger partial charge in [0.2, 0.25) is 0 Å². The number of halogens is 1. The molecule has 0 saturated heterocycles. The number of allylic oxidation sites excluding steroid dienone is 1. The normalized spacial score (nSPS) is 10.6. The Balaban J connectivity index is 0.000000269. The predicted octanol–water partition coefficient (Wildman–Crippen LogP) is 6.09. The number of hydrogen-bond acceptors (Lipinski definition) is 3. The molecule has 5 heteroatoms. The van der Waals surface area contributed by atoms with Crippen LogP contribution in [0.1, 0.15) is 23.6 Å². The van der Waals surface area contributed by atoms with Crippen molar-refractivity contribution < 1.29 is 9.13 Å². The molecule has 0 aliphatic carbocycles. The molecule has 0 aliphatic heterocycles. The molecule has 3 aromatic carbocycles. The summed E-state index contributed by atoms with van der Waals surface area (Å²) in [7, 11) is 2.37. The third-order valence-corrected chi connectivity index (χ3v) is 4.95. The van der Waals surface area contributed by atoms with E-state index in [9.17, 15) is 4.39 Å². The van der Waals surface area contributed by atoms with Gasteiger partial charge in [-0.25, -0.2) is 4.39 Å². The van der Waals surface area contributed by atoms with Gasteiger partial charge in [0.05, 0.1) is 6.26 Å². The minimum absolute atomic E-state index is 0.340. The number of nitrogens with one attached hydrogen (secondary N) is 1. The maximum Gasteiger partial charge on any atom is 0.132 e. The van der Waals surface area contributed by atoms with Crippen LogP contribution in [0.2, 0.25) is 0 Å². The molecule has 154 valence electrons. The third-order valence-electron chi connectivity index (χ3n) is 4.45. The van der Waals surface area contributed by atoms with Gasteiger partial charge < -0.3 is 15.9 Å². The molecule has 1 unspecified atom stereocenters. The largest absolute Gasteiger partial charge is 0.465 e. The number of ether oxygens (including phenoxy) is 1. The summed E-state index contributed by atoms with van der Waals surface area (Å²) in [6.45, 7) is 7.65. The Bertz CT molecular complexity index is 1040. The lowest BCUT2D eigenvalue weighted by Gasteiger charge is -2.11. The van der Waals surface area contributed by atoms with Crippen molar-refractivity contribution in [3.8, 4) is 11.1 Å². The van der Waals surface area contributed by atoms with E-state index in [1.54, 1.807) is 12.1 Å². The highest BCUT2D eigenvalue weighted by molar-refractivity contribution is 7.27. The number of rotatable bonds is 5. The van der Waals surface area contributed by atoms with E-state index in [1.165, 1.54) is 23.5 Å². The molecule has 0 radical (unpaired) electrons. The highest BCUT2D eigenvalue weighted by Crippen LogP contribution is 2.28. The molecule has 3 nitrogen and oxygen atoms in total. The zero-order valence-corrected chi connectivity index (χ0v) is 18.3. The van der Waals surface area contributed by atoms with E-state index in [4.69, 9.17) is 15.9 Å². The van der Waals surface area contributed by atoms with Crippen LogP contribution < -0.4 is 11.0 Å². The fraction of sp³-hybridized carbons (Fsp3) is 0.0800. The molecular weight excluding hydrogens is 394 g/mol. The van der Waals surface area contributed by atoms with E-state index < -0.39 is 0 Å². The lowest BCUT2D eigenvalue weighted by Crippen LogP contribution is -2.02. The fourth-order valence-corrected chi connectivity index (χ4v) is 3.18. The van der Waals surface area contributed by atoms with Gasteiger partial charge in [0.1, 0.15) is 11.6 Å². The molecule has 0 aliphatic rings. The highest BCUT2D eigenvalue weighted by Gasteiger charge is 2.07. The topological polar surface area (TPSA) is 59.1 Å². The Kier molecular flexibility index (Phi) is 8.52. The van der Waals surface area contributed by atoms with Gasteiger partial charge in [0, 0.05) is 23.0 Å². The predicted molar refractivity (Wildman–Crippen MR) is 130 cm³/mol. The zero-order valence-electron chi connectivity index (χ0n) is 17.2. The monoisotopic (exact) mass is 420 g/mol. The van der Waals surface area contributed by atoms with Gasteiger partial charge in [0.25, 0.3) is 0 Å². The van der Waals surface area contributed by atoms with Crippen LogP contribution in [0.5, 0.6) is 0 Å². The lowest BCUT2D eigenvalue weighted by molar-refractivity contribution is 0.438. The maximum absolute atomic E-state index is 12.7. The third kappa shape index (κ3) is 5.88. The number of nitrogens with two attached hydrogens (primary N) is 1. The molecular formula is C25H26FN2OP. The number of aryl methyl sites for hydroxylation is 1. The van der Waals surface area contributed by atoms with E-state index in [0.717, 1.165) is 34.1 Å². The molecule has 0 aromatic heterocycles. The van der Waals surface area contributed by atoms with Crippen LogP contribution in [0.4, 0.5) is 10.1 Å². The molecule has 1 atom stereocenters. The summed E-state index contributed by atoms with van der Waals surface area (Å²) in [6.07, 6.45) is 4.38. The molecule has 0 fully saturated rings. The van der Waals surface area contributed by atoms with Crippen molar-refractivity contribution in [2.75, 3.05) is 5.73 Å². The average molecular weight is 420 g/mol. The Morgan fingerprint density at radius 1 is 1.13 bits per heavy atom. The Labute approximate surface area is 179 Å². The zero-order chi connectivity index (χ0) is 22.1. The Hall–Kier alpha value is -3.23. The van der Waals surface area contributed by atoms with E-state index >= 15 is 0 Å². The second-order valence-electron chi connectivity index (χ2n) is 6.48. The van der Waals surface area contributed by atoms with Crippen LogP contribution in [0.15, 0.2) is 79.6 Å². The van der Waals surface area contributed by atoms with Crippen molar-refractivity contribution in [2.45, 2.75) is 13.8 Å². The molecule has 0 heterocycles. The van der Waals surface area contributed by atoms with E-state index in [1.807, 2.05) is 37.3 Å². The number of nitrogen functional groups attached to an aromatic ring is 1. The summed E-state index contributed by atoms with van der Waals surface area (Å²) in [6, 6.07) is 18.9. The summed E-state index contributed by atoms with van der Waals surface area (Å²) in [5, 5.41) is 7.56. The highest BCUT2D eigenvalue weighted by atomic mass is 31.0. The molecule has 0 amide bonds. The Morgan fingerprint density at radius 3 is 2.37 bits per heavy atom. The van der Waals surface area contributed by atoms with Crippen molar-refractivity contribution in [3.05, 3.63) is 102 Å². The quantitative estimate of drug-likeness (QED) is 0.227. The molecule has 0 saturated carbocycles. The molecule has 0 spiro atoms. The number of benzene rings is 3. The standard InChI is InChI=1S/C18H19NO.C7H7FNP/c1-4-18(20-5-2)15-7-6-13(3)17(12-15)14-8-10-16(19)11-9-14;8-6-2-1-3-7(10)5(6)4-9/h4-12H,2,19H2,1,3H3;1-4,9H,10H2/b18-4-;. The van der Waals surface area contributed by atoms with Crippen LogP contribution in [0, 0.1) is 18.2 Å². The summed E-state index contributed by atoms with van der Waals surface area (Å²) in [5.74, 6) is 0.458. The van der Waals surface area contributed by atoms with Crippen LogP contribution in [0.25, 0.3) is 16.9 Å². The minimum atomic E-state index is -0.345. The van der Waals surface area contributed by atoms with Crippen molar-refractivity contribution in [2.24, 2.45) is 0 Å². The van der Waals surface area contributed by atoms with Gasteiger partial charge >= 0.3 is 0 Å². The van der Waals surface area contributed by atoms with E-state index in [-0.39, 0.29) is 5.82 Å². The lowest BCUT2D eigenvalue weighted by atomic mass is 9.97. The maximum atomic E-state index is 12.7. The smallest absolute Gasteiger partial charge is 0.132 e. The molecule has 30 heavy (non-hydrogen) atoms.